The molecule has 0 aliphatic heterocycles. The Morgan fingerprint density at radius 2 is 1.78 bits per heavy atom. The van der Waals surface area contributed by atoms with Gasteiger partial charge < -0.3 is 15.5 Å². The first-order valence-electron chi connectivity index (χ1n) is 5.89. The summed E-state index contributed by atoms with van der Waals surface area (Å²) in [5.41, 5.74) is 6.98. The monoisotopic (exact) mass is 243 g/mol. The molecule has 18 heavy (non-hydrogen) atoms. The zero-order chi connectivity index (χ0) is 13.0. The molecule has 0 saturated carbocycles. The zero-order valence-electron chi connectivity index (χ0n) is 10.3. The predicted molar refractivity (Wildman–Crippen MR) is 71.7 cm³/mol. The van der Waals surface area contributed by atoms with Gasteiger partial charge in [-0.2, -0.15) is 0 Å². The van der Waals surface area contributed by atoms with Gasteiger partial charge >= 0.3 is 0 Å². The summed E-state index contributed by atoms with van der Waals surface area (Å²) in [6, 6.07) is 13.7. The molecule has 4 heteroatoms. The summed E-state index contributed by atoms with van der Waals surface area (Å²) in [5, 5.41) is 12.1. The SMILES string of the molecule is C[C@@H](c1ccccc1)[C@H](C(N)=NO)n1cccc1. The highest BCUT2D eigenvalue weighted by Gasteiger charge is 2.24. The lowest BCUT2D eigenvalue weighted by atomic mass is 9.92. The Balaban J connectivity index is 2.36. The van der Waals surface area contributed by atoms with Crippen molar-refractivity contribution in [2.75, 3.05) is 0 Å². The maximum Gasteiger partial charge on any atom is 0.162 e. The third-order valence-corrected chi connectivity index (χ3v) is 3.17. The highest BCUT2D eigenvalue weighted by Crippen LogP contribution is 2.28. The van der Waals surface area contributed by atoms with Crippen LogP contribution in [-0.2, 0) is 0 Å². The molecule has 4 nitrogen and oxygen atoms in total. The maximum absolute atomic E-state index is 8.95. The Morgan fingerprint density at radius 1 is 1.17 bits per heavy atom. The predicted octanol–water partition coefficient (Wildman–Crippen LogP) is 2.58. The van der Waals surface area contributed by atoms with E-state index in [4.69, 9.17) is 10.9 Å². The fraction of sp³-hybridized carbons (Fsp3) is 0.214. The van der Waals surface area contributed by atoms with E-state index in [-0.39, 0.29) is 17.8 Å². The van der Waals surface area contributed by atoms with Crippen molar-refractivity contribution < 1.29 is 5.21 Å². The summed E-state index contributed by atoms with van der Waals surface area (Å²) in [6.07, 6.45) is 3.84. The van der Waals surface area contributed by atoms with Crippen molar-refractivity contribution in [2.24, 2.45) is 10.9 Å². The number of oxime groups is 1. The van der Waals surface area contributed by atoms with Crippen LogP contribution in [0.15, 0.2) is 60.0 Å². The normalized spacial score (nSPS) is 15.3. The molecule has 94 valence electrons. The van der Waals surface area contributed by atoms with Gasteiger partial charge in [-0.25, -0.2) is 0 Å². The van der Waals surface area contributed by atoms with Crippen LogP contribution in [0, 0.1) is 0 Å². The van der Waals surface area contributed by atoms with Gasteiger partial charge in [0.15, 0.2) is 5.84 Å². The number of nitrogens with zero attached hydrogens (tertiary/aromatic N) is 2. The molecule has 0 aliphatic carbocycles. The summed E-state index contributed by atoms with van der Waals surface area (Å²) >= 11 is 0. The molecular formula is C14H17N3O. The molecule has 0 spiro atoms. The standard InChI is InChI=1S/C14H17N3O/c1-11(12-7-3-2-4-8-12)13(14(15)16-18)17-9-5-6-10-17/h2-11,13,18H,1H3,(H2,15,16)/t11-,13+/m0/s1. The van der Waals surface area contributed by atoms with Gasteiger partial charge in [0.1, 0.15) is 6.04 Å². The lowest BCUT2D eigenvalue weighted by Gasteiger charge is -2.24. The second-order valence-electron chi connectivity index (χ2n) is 4.30. The first kappa shape index (κ1) is 12.2. The van der Waals surface area contributed by atoms with E-state index in [1.54, 1.807) is 0 Å². The van der Waals surface area contributed by atoms with Gasteiger partial charge in [0, 0.05) is 18.3 Å². The van der Waals surface area contributed by atoms with E-state index in [1.165, 1.54) is 0 Å². The molecule has 3 N–H and O–H groups in total. The van der Waals surface area contributed by atoms with E-state index in [1.807, 2.05) is 59.4 Å². The van der Waals surface area contributed by atoms with Gasteiger partial charge in [-0.15, -0.1) is 0 Å². The molecule has 0 unspecified atom stereocenters. The summed E-state index contributed by atoms with van der Waals surface area (Å²) in [6.45, 7) is 2.07. The summed E-state index contributed by atoms with van der Waals surface area (Å²) in [4.78, 5) is 0. The van der Waals surface area contributed by atoms with E-state index < -0.39 is 0 Å². The average molecular weight is 243 g/mol. The van der Waals surface area contributed by atoms with Crippen molar-refractivity contribution >= 4 is 5.84 Å². The van der Waals surface area contributed by atoms with Crippen LogP contribution < -0.4 is 5.73 Å². The minimum Gasteiger partial charge on any atom is -0.409 e. The van der Waals surface area contributed by atoms with Crippen molar-refractivity contribution in [1.82, 2.24) is 4.57 Å². The molecule has 0 aliphatic rings. The molecule has 0 bridgehead atoms. The third kappa shape index (κ3) is 2.37. The van der Waals surface area contributed by atoms with Gasteiger partial charge in [-0.3, -0.25) is 0 Å². The molecule has 1 aromatic carbocycles. The van der Waals surface area contributed by atoms with Gasteiger partial charge in [-0.05, 0) is 17.7 Å². The number of nitrogens with two attached hydrogens (primary N) is 1. The minimum absolute atomic E-state index is 0.120. The topological polar surface area (TPSA) is 63.5 Å². The van der Waals surface area contributed by atoms with Crippen LogP contribution in [0.5, 0.6) is 0 Å². The Labute approximate surface area is 106 Å². The van der Waals surface area contributed by atoms with Crippen LogP contribution in [0.1, 0.15) is 24.4 Å². The summed E-state index contributed by atoms with van der Waals surface area (Å²) in [5.74, 6) is 0.331. The number of rotatable bonds is 4. The Kier molecular flexibility index (Phi) is 3.67. The number of hydrogen-bond donors (Lipinski definition) is 2. The van der Waals surface area contributed by atoms with E-state index in [2.05, 4.69) is 12.1 Å². The van der Waals surface area contributed by atoms with Crippen molar-refractivity contribution in [3.05, 3.63) is 60.4 Å². The molecule has 1 heterocycles. The van der Waals surface area contributed by atoms with E-state index in [0.29, 0.717) is 0 Å². The lowest BCUT2D eigenvalue weighted by Crippen LogP contribution is -2.30. The quantitative estimate of drug-likeness (QED) is 0.375. The summed E-state index contributed by atoms with van der Waals surface area (Å²) in [7, 11) is 0. The second kappa shape index (κ2) is 5.40. The fourth-order valence-electron chi connectivity index (χ4n) is 2.20. The van der Waals surface area contributed by atoms with Crippen LogP contribution in [0.3, 0.4) is 0 Å². The van der Waals surface area contributed by atoms with Crippen molar-refractivity contribution in [3.63, 3.8) is 0 Å². The fourth-order valence-corrected chi connectivity index (χ4v) is 2.20. The smallest absolute Gasteiger partial charge is 0.162 e. The number of benzene rings is 1. The first-order chi connectivity index (χ1) is 8.74. The molecule has 1 aromatic heterocycles. The Hall–Kier alpha value is -2.23. The van der Waals surface area contributed by atoms with E-state index in [9.17, 15) is 0 Å². The van der Waals surface area contributed by atoms with Gasteiger partial charge in [0.05, 0.1) is 0 Å². The highest BCUT2D eigenvalue weighted by molar-refractivity contribution is 5.84. The molecule has 0 fully saturated rings. The second-order valence-corrected chi connectivity index (χ2v) is 4.30. The van der Waals surface area contributed by atoms with Crippen molar-refractivity contribution in [2.45, 2.75) is 18.9 Å². The van der Waals surface area contributed by atoms with Gasteiger partial charge in [0.25, 0.3) is 0 Å². The molecule has 2 rings (SSSR count). The van der Waals surface area contributed by atoms with Crippen LogP contribution in [-0.4, -0.2) is 15.6 Å². The largest absolute Gasteiger partial charge is 0.409 e. The Bertz CT molecular complexity index is 505. The number of hydrogen-bond acceptors (Lipinski definition) is 2. The van der Waals surface area contributed by atoms with Gasteiger partial charge in [-0.1, -0.05) is 42.4 Å². The Morgan fingerprint density at radius 3 is 2.33 bits per heavy atom. The van der Waals surface area contributed by atoms with Crippen molar-refractivity contribution in [3.8, 4) is 0 Å². The number of amidine groups is 1. The number of aromatic nitrogens is 1. The van der Waals surface area contributed by atoms with Crippen LogP contribution in [0.2, 0.25) is 0 Å². The lowest BCUT2D eigenvalue weighted by molar-refractivity contribution is 0.312. The molecular weight excluding hydrogens is 226 g/mol. The van der Waals surface area contributed by atoms with Crippen LogP contribution in [0.25, 0.3) is 0 Å². The van der Waals surface area contributed by atoms with Crippen molar-refractivity contribution in [1.29, 1.82) is 0 Å². The maximum atomic E-state index is 8.95. The van der Waals surface area contributed by atoms with E-state index in [0.717, 1.165) is 5.56 Å². The highest BCUT2D eigenvalue weighted by atomic mass is 16.4. The van der Waals surface area contributed by atoms with Gasteiger partial charge in [0.2, 0.25) is 0 Å². The first-order valence-corrected chi connectivity index (χ1v) is 5.89. The third-order valence-electron chi connectivity index (χ3n) is 3.17. The van der Waals surface area contributed by atoms with Crippen LogP contribution in [0.4, 0.5) is 0 Å². The molecule has 0 amide bonds. The average Bonchev–Trinajstić information content (AvgIpc) is 2.93. The summed E-state index contributed by atoms with van der Waals surface area (Å²) < 4.78 is 1.95. The molecule has 2 atom stereocenters. The zero-order valence-corrected chi connectivity index (χ0v) is 10.3. The molecule has 2 aromatic rings. The molecule has 0 saturated heterocycles. The van der Waals surface area contributed by atoms with E-state index >= 15 is 0 Å². The van der Waals surface area contributed by atoms with Crippen LogP contribution >= 0.6 is 0 Å². The minimum atomic E-state index is -0.188. The molecule has 0 radical (unpaired) electrons.